The molecule has 0 atom stereocenters. The van der Waals surface area contributed by atoms with Crippen LogP contribution in [0.25, 0.3) is 10.9 Å². The molecule has 4 nitrogen and oxygen atoms in total. The molecule has 0 bridgehead atoms. The molecular weight excluding hydrogens is 260 g/mol. The molecule has 2 aromatic rings. The maximum Gasteiger partial charge on any atom is 0.175 e. The number of anilines is 1. The van der Waals surface area contributed by atoms with Gasteiger partial charge in [0.05, 0.1) is 10.4 Å². The lowest BCUT2D eigenvalue weighted by Gasteiger charge is -2.13. The molecule has 1 aromatic carbocycles. The molecule has 0 radical (unpaired) electrons. The van der Waals surface area contributed by atoms with E-state index >= 15 is 0 Å². The molecule has 0 unspecified atom stereocenters. The van der Waals surface area contributed by atoms with Gasteiger partial charge in [-0.15, -0.1) is 0 Å². The zero-order valence-corrected chi connectivity index (χ0v) is 12.4. The van der Waals surface area contributed by atoms with E-state index in [4.69, 9.17) is 0 Å². The summed E-state index contributed by atoms with van der Waals surface area (Å²) < 4.78 is 23.2. The molecule has 5 heteroatoms. The Kier molecular flexibility index (Phi) is 3.49. The first-order valence-electron chi connectivity index (χ1n) is 6.15. The molecule has 1 heterocycles. The molecule has 0 spiro atoms. The average Bonchev–Trinajstić information content (AvgIpc) is 2.35. The highest BCUT2D eigenvalue weighted by atomic mass is 32.2. The van der Waals surface area contributed by atoms with E-state index in [-0.39, 0.29) is 0 Å². The van der Waals surface area contributed by atoms with E-state index < -0.39 is 9.84 Å². The van der Waals surface area contributed by atoms with Crippen molar-refractivity contribution in [3.8, 4) is 0 Å². The maximum atomic E-state index is 11.6. The second-order valence-corrected chi connectivity index (χ2v) is 6.97. The number of benzene rings is 1. The lowest BCUT2D eigenvalue weighted by Crippen LogP contribution is -2.02. The highest BCUT2D eigenvalue weighted by molar-refractivity contribution is 7.90. The number of rotatable bonds is 3. The number of nitrogens with zero attached hydrogens (tertiary/aromatic N) is 1. The Bertz CT molecular complexity index is 722. The Labute approximate surface area is 113 Å². The summed E-state index contributed by atoms with van der Waals surface area (Å²) in [6, 6.07) is 7.03. The number of aromatic nitrogens is 1. The second-order valence-electron chi connectivity index (χ2n) is 4.96. The van der Waals surface area contributed by atoms with Gasteiger partial charge in [-0.1, -0.05) is 13.8 Å². The summed E-state index contributed by atoms with van der Waals surface area (Å²) in [5.74, 6) is 1.16. The fraction of sp³-hybridized carbons (Fsp3) is 0.357. The SMILES string of the molecule is CNc1nc2ccc(S(C)(=O)=O)cc2cc1C(C)C. The summed E-state index contributed by atoms with van der Waals surface area (Å²) in [6.07, 6.45) is 1.22. The number of pyridine rings is 1. The van der Waals surface area contributed by atoms with Crippen molar-refractivity contribution in [3.63, 3.8) is 0 Å². The Morgan fingerprint density at radius 1 is 1.21 bits per heavy atom. The maximum absolute atomic E-state index is 11.6. The topological polar surface area (TPSA) is 59.1 Å². The van der Waals surface area contributed by atoms with Crippen LogP contribution >= 0.6 is 0 Å². The van der Waals surface area contributed by atoms with Gasteiger partial charge in [0, 0.05) is 18.7 Å². The summed E-state index contributed by atoms with van der Waals surface area (Å²) >= 11 is 0. The van der Waals surface area contributed by atoms with Crippen molar-refractivity contribution in [1.29, 1.82) is 0 Å². The third-order valence-electron chi connectivity index (χ3n) is 3.10. The van der Waals surface area contributed by atoms with Crippen LogP contribution in [0.4, 0.5) is 5.82 Å². The predicted octanol–water partition coefficient (Wildman–Crippen LogP) is 2.80. The zero-order chi connectivity index (χ0) is 14.2. The summed E-state index contributed by atoms with van der Waals surface area (Å²) in [7, 11) is -1.35. The van der Waals surface area contributed by atoms with Crippen LogP contribution < -0.4 is 5.32 Å². The first kappa shape index (κ1) is 13.8. The normalized spacial score (nSPS) is 12.1. The molecule has 0 aliphatic heterocycles. The van der Waals surface area contributed by atoms with Crippen LogP contribution in [0.1, 0.15) is 25.3 Å². The molecule has 19 heavy (non-hydrogen) atoms. The van der Waals surface area contributed by atoms with Crippen LogP contribution in [0.15, 0.2) is 29.2 Å². The van der Waals surface area contributed by atoms with E-state index in [0.717, 1.165) is 22.3 Å². The minimum absolute atomic E-state index is 0.321. The van der Waals surface area contributed by atoms with Crippen LogP contribution in [-0.2, 0) is 9.84 Å². The number of sulfone groups is 1. The van der Waals surface area contributed by atoms with Crippen LogP contribution in [0.2, 0.25) is 0 Å². The van der Waals surface area contributed by atoms with Crippen molar-refractivity contribution in [1.82, 2.24) is 4.98 Å². The summed E-state index contributed by atoms with van der Waals surface area (Å²) in [4.78, 5) is 4.86. The third-order valence-corrected chi connectivity index (χ3v) is 4.21. The minimum atomic E-state index is -3.19. The van der Waals surface area contributed by atoms with Crippen LogP contribution in [-0.4, -0.2) is 26.7 Å². The number of hydrogen-bond acceptors (Lipinski definition) is 4. The van der Waals surface area contributed by atoms with Gasteiger partial charge in [-0.2, -0.15) is 0 Å². The molecule has 0 aliphatic rings. The van der Waals surface area contributed by atoms with Crippen molar-refractivity contribution in [2.45, 2.75) is 24.7 Å². The molecule has 2 rings (SSSR count). The second kappa shape index (κ2) is 4.81. The Morgan fingerprint density at radius 2 is 1.89 bits per heavy atom. The Balaban J connectivity index is 2.73. The van der Waals surface area contributed by atoms with Gasteiger partial charge in [0.1, 0.15) is 5.82 Å². The van der Waals surface area contributed by atoms with Gasteiger partial charge in [0.25, 0.3) is 0 Å². The van der Waals surface area contributed by atoms with Gasteiger partial charge < -0.3 is 5.32 Å². The van der Waals surface area contributed by atoms with Crippen molar-refractivity contribution in [3.05, 3.63) is 29.8 Å². The fourth-order valence-corrected chi connectivity index (χ4v) is 2.70. The highest BCUT2D eigenvalue weighted by Crippen LogP contribution is 2.27. The molecule has 0 fully saturated rings. The molecule has 1 N–H and O–H groups in total. The van der Waals surface area contributed by atoms with Gasteiger partial charge in [-0.3, -0.25) is 0 Å². The molecule has 102 valence electrons. The first-order valence-corrected chi connectivity index (χ1v) is 8.04. The molecule has 0 saturated heterocycles. The average molecular weight is 278 g/mol. The third kappa shape index (κ3) is 2.71. The van der Waals surface area contributed by atoms with E-state index in [1.54, 1.807) is 18.2 Å². The van der Waals surface area contributed by atoms with Crippen LogP contribution in [0, 0.1) is 0 Å². The van der Waals surface area contributed by atoms with Gasteiger partial charge in [-0.25, -0.2) is 13.4 Å². The van der Waals surface area contributed by atoms with E-state index in [9.17, 15) is 8.42 Å². The summed E-state index contributed by atoms with van der Waals surface area (Å²) in [6.45, 7) is 4.17. The van der Waals surface area contributed by atoms with Crippen LogP contribution in [0.3, 0.4) is 0 Å². The van der Waals surface area contributed by atoms with Crippen molar-refractivity contribution in [2.75, 3.05) is 18.6 Å². The molecule has 0 aliphatic carbocycles. The first-order chi connectivity index (χ1) is 8.82. The smallest absolute Gasteiger partial charge is 0.175 e. The number of fused-ring (bicyclic) bond motifs is 1. The van der Waals surface area contributed by atoms with Gasteiger partial charge in [-0.05, 0) is 35.7 Å². The largest absolute Gasteiger partial charge is 0.373 e. The molecule has 0 amide bonds. The quantitative estimate of drug-likeness (QED) is 0.938. The summed E-state index contributed by atoms with van der Waals surface area (Å²) in [5.41, 5.74) is 1.88. The Morgan fingerprint density at radius 3 is 2.42 bits per heavy atom. The van der Waals surface area contributed by atoms with Crippen molar-refractivity contribution < 1.29 is 8.42 Å². The standard InChI is InChI=1S/C14H18N2O2S/c1-9(2)12-8-10-7-11(19(4,17)18)5-6-13(10)16-14(12)15-3/h5-9H,1-4H3,(H,15,16). The monoisotopic (exact) mass is 278 g/mol. The van der Waals surface area contributed by atoms with E-state index in [1.807, 2.05) is 13.1 Å². The van der Waals surface area contributed by atoms with Crippen molar-refractivity contribution in [2.24, 2.45) is 0 Å². The van der Waals surface area contributed by atoms with E-state index in [2.05, 4.69) is 24.1 Å². The zero-order valence-electron chi connectivity index (χ0n) is 11.6. The molecular formula is C14H18N2O2S. The lowest BCUT2D eigenvalue weighted by molar-refractivity contribution is 0.602. The minimum Gasteiger partial charge on any atom is -0.373 e. The fourth-order valence-electron chi connectivity index (χ4n) is 2.04. The number of nitrogens with one attached hydrogen (secondary N) is 1. The molecule has 1 aromatic heterocycles. The highest BCUT2D eigenvalue weighted by Gasteiger charge is 2.12. The van der Waals surface area contributed by atoms with Crippen LogP contribution in [0.5, 0.6) is 0 Å². The Hall–Kier alpha value is -1.62. The lowest BCUT2D eigenvalue weighted by atomic mass is 10.0. The van der Waals surface area contributed by atoms with Gasteiger partial charge in [0.15, 0.2) is 9.84 Å². The predicted molar refractivity (Wildman–Crippen MR) is 78.5 cm³/mol. The van der Waals surface area contributed by atoms with Crippen molar-refractivity contribution >= 4 is 26.6 Å². The molecule has 0 saturated carbocycles. The van der Waals surface area contributed by atoms with Gasteiger partial charge in [0.2, 0.25) is 0 Å². The van der Waals surface area contributed by atoms with Gasteiger partial charge >= 0.3 is 0 Å². The van der Waals surface area contributed by atoms with E-state index in [1.165, 1.54) is 6.26 Å². The number of hydrogen-bond donors (Lipinski definition) is 1. The summed E-state index contributed by atoms with van der Waals surface area (Å²) in [5, 5.41) is 3.94. The van der Waals surface area contributed by atoms with E-state index in [0.29, 0.717) is 10.8 Å².